The first-order chi connectivity index (χ1) is 9.46. The fourth-order valence-corrected chi connectivity index (χ4v) is 3.14. The molecule has 0 aromatic heterocycles. The number of hydrogen-bond acceptors (Lipinski definition) is 2. The van der Waals surface area contributed by atoms with Gasteiger partial charge >= 0.3 is 5.97 Å². The minimum atomic E-state index is -0.861. The zero-order valence-electron chi connectivity index (χ0n) is 10.8. The van der Waals surface area contributed by atoms with Crippen LogP contribution in [0.5, 0.6) is 0 Å². The van der Waals surface area contributed by atoms with Gasteiger partial charge in [-0.1, -0.05) is 42.1 Å². The molecule has 0 aliphatic heterocycles. The smallest absolute Gasteiger partial charge is 0.311 e. The van der Waals surface area contributed by atoms with Gasteiger partial charge in [-0.3, -0.25) is 9.59 Å². The molecule has 6 heteroatoms. The Hall–Kier alpha value is -1.26. The van der Waals surface area contributed by atoms with Gasteiger partial charge in [0.25, 0.3) is 5.91 Å². The second-order valence-corrected chi connectivity index (χ2v) is 5.89. The first-order valence-electron chi connectivity index (χ1n) is 6.42. The van der Waals surface area contributed by atoms with Gasteiger partial charge in [0.15, 0.2) is 0 Å². The highest BCUT2D eigenvalue weighted by molar-refractivity contribution is 6.39. The molecule has 1 saturated carbocycles. The van der Waals surface area contributed by atoms with E-state index in [4.69, 9.17) is 23.2 Å². The molecule has 0 radical (unpaired) electrons. The summed E-state index contributed by atoms with van der Waals surface area (Å²) in [6.07, 6.45) is 2.90. The van der Waals surface area contributed by atoms with Gasteiger partial charge in [0, 0.05) is 6.54 Å². The van der Waals surface area contributed by atoms with Crippen LogP contribution in [-0.2, 0) is 4.79 Å². The number of hydrogen-bond donors (Lipinski definition) is 2. The number of carboxylic acid groups (broad SMARTS) is 1. The van der Waals surface area contributed by atoms with Crippen molar-refractivity contribution in [1.29, 1.82) is 0 Å². The summed E-state index contributed by atoms with van der Waals surface area (Å²) in [7, 11) is 0. The highest BCUT2D eigenvalue weighted by atomic mass is 35.5. The molecule has 1 aliphatic carbocycles. The van der Waals surface area contributed by atoms with Crippen LogP contribution in [0, 0.1) is 5.41 Å². The molecule has 0 unspecified atom stereocenters. The van der Waals surface area contributed by atoms with Crippen molar-refractivity contribution in [2.75, 3.05) is 6.54 Å². The maximum absolute atomic E-state index is 12.1. The molecular formula is C14H15Cl2NO3. The Kier molecular flexibility index (Phi) is 4.55. The molecule has 0 bridgehead atoms. The van der Waals surface area contributed by atoms with Gasteiger partial charge in [-0.15, -0.1) is 0 Å². The predicted molar refractivity (Wildman–Crippen MR) is 77.3 cm³/mol. The summed E-state index contributed by atoms with van der Waals surface area (Å²) >= 11 is 11.9. The Labute approximate surface area is 127 Å². The summed E-state index contributed by atoms with van der Waals surface area (Å²) in [5, 5.41) is 12.5. The van der Waals surface area contributed by atoms with Crippen molar-refractivity contribution >= 4 is 35.1 Å². The van der Waals surface area contributed by atoms with Crippen molar-refractivity contribution in [3.63, 3.8) is 0 Å². The molecule has 2 N–H and O–H groups in total. The van der Waals surface area contributed by atoms with Crippen molar-refractivity contribution in [2.45, 2.75) is 25.7 Å². The van der Waals surface area contributed by atoms with Crippen LogP contribution in [-0.4, -0.2) is 23.5 Å². The topological polar surface area (TPSA) is 66.4 Å². The zero-order valence-corrected chi connectivity index (χ0v) is 12.3. The minimum absolute atomic E-state index is 0.0999. The van der Waals surface area contributed by atoms with Gasteiger partial charge in [-0.2, -0.15) is 0 Å². The number of carboxylic acids is 1. The molecule has 1 aromatic rings. The van der Waals surface area contributed by atoms with Gasteiger partial charge in [0.05, 0.1) is 21.0 Å². The monoisotopic (exact) mass is 315 g/mol. The van der Waals surface area contributed by atoms with Gasteiger partial charge in [-0.25, -0.2) is 0 Å². The molecule has 2 rings (SSSR count). The van der Waals surface area contributed by atoms with Crippen molar-refractivity contribution in [2.24, 2.45) is 5.41 Å². The van der Waals surface area contributed by atoms with Crippen molar-refractivity contribution < 1.29 is 14.7 Å². The molecule has 1 aliphatic rings. The molecule has 108 valence electrons. The first-order valence-corrected chi connectivity index (χ1v) is 7.17. The van der Waals surface area contributed by atoms with E-state index in [1.165, 1.54) is 0 Å². The lowest BCUT2D eigenvalue weighted by atomic mass is 9.86. The molecule has 0 spiro atoms. The van der Waals surface area contributed by atoms with E-state index in [2.05, 4.69) is 5.32 Å². The van der Waals surface area contributed by atoms with Crippen molar-refractivity contribution in [3.8, 4) is 0 Å². The lowest BCUT2D eigenvalue weighted by Crippen LogP contribution is -2.41. The predicted octanol–water partition coefficient (Wildman–Crippen LogP) is 3.37. The first kappa shape index (κ1) is 15.1. The Morgan fingerprint density at radius 3 is 2.25 bits per heavy atom. The van der Waals surface area contributed by atoms with Crippen LogP contribution in [0.4, 0.5) is 0 Å². The highest BCUT2D eigenvalue weighted by Gasteiger charge is 2.41. The lowest BCUT2D eigenvalue weighted by Gasteiger charge is -2.24. The molecule has 1 fully saturated rings. The van der Waals surface area contributed by atoms with Crippen LogP contribution >= 0.6 is 23.2 Å². The third kappa shape index (κ3) is 2.91. The van der Waals surface area contributed by atoms with E-state index in [-0.39, 0.29) is 22.2 Å². The normalized spacial score (nSPS) is 16.9. The zero-order chi connectivity index (χ0) is 14.8. The van der Waals surface area contributed by atoms with Crippen LogP contribution in [0.25, 0.3) is 0 Å². The summed E-state index contributed by atoms with van der Waals surface area (Å²) in [6.45, 7) is 0.0999. The second kappa shape index (κ2) is 6.02. The fourth-order valence-electron chi connectivity index (χ4n) is 2.57. The number of rotatable bonds is 4. The van der Waals surface area contributed by atoms with Gasteiger partial charge in [0.2, 0.25) is 0 Å². The van der Waals surface area contributed by atoms with Crippen molar-refractivity contribution in [3.05, 3.63) is 33.8 Å². The van der Waals surface area contributed by atoms with Crippen LogP contribution in [0.3, 0.4) is 0 Å². The standard InChI is InChI=1S/C14H15Cl2NO3/c15-9-4-3-5-10(16)11(9)12(18)17-8-14(13(19)20)6-1-2-7-14/h3-5H,1-2,6-8H2,(H,17,18)(H,19,20). The molecule has 0 heterocycles. The van der Waals surface area contributed by atoms with Crippen LogP contribution in [0.1, 0.15) is 36.0 Å². The number of amides is 1. The van der Waals surface area contributed by atoms with E-state index in [0.29, 0.717) is 12.8 Å². The van der Waals surface area contributed by atoms with E-state index >= 15 is 0 Å². The molecular weight excluding hydrogens is 301 g/mol. The molecule has 0 saturated heterocycles. The summed E-state index contributed by atoms with van der Waals surface area (Å²) in [6, 6.07) is 4.80. The fraction of sp³-hybridized carbons (Fsp3) is 0.429. The Bertz CT molecular complexity index is 519. The highest BCUT2D eigenvalue weighted by Crippen LogP contribution is 2.38. The average Bonchev–Trinajstić information content (AvgIpc) is 2.86. The van der Waals surface area contributed by atoms with E-state index in [1.807, 2.05) is 0 Å². The number of carbonyl (C=O) groups excluding carboxylic acids is 1. The molecule has 0 atom stereocenters. The molecule has 4 nitrogen and oxygen atoms in total. The van der Waals surface area contributed by atoms with E-state index in [0.717, 1.165) is 12.8 Å². The van der Waals surface area contributed by atoms with Gasteiger partial charge in [-0.05, 0) is 25.0 Å². The van der Waals surface area contributed by atoms with Gasteiger partial charge in [0.1, 0.15) is 0 Å². The number of aliphatic carboxylic acids is 1. The van der Waals surface area contributed by atoms with Crippen molar-refractivity contribution in [1.82, 2.24) is 5.32 Å². The maximum atomic E-state index is 12.1. The summed E-state index contributed by atoms with van der Waals surface area (Å²) in [5.74, 6) is -1.30. The molecule has 1 amide bonds. The lowest BCUT2D eigenvalue weighted by molar-refractivity contribution is -0.148. The molecule has 1 aromatic carbocycles. The third-order valence-electron chi connectivity index (χ3n) is 3.79. The summed E-state index contributed by atoms with van der Waals surface area (Å²) in [4.78, 5) is 23.5. The quantitative estimate of drug-likeness (QED) is 0.895. The molecule has 20 heavy (non-hydrogen) atoms. The van der Waals surface area contributed by atoms with Crippen LogP contribution in [0.2, 0.25) is 10.0 Å². The number of carbonyl (C=O) groups is 2. The summed E-state index contributed by atoms with van der Waals surface area (Å²) in [5.41, 5.74) is -0.669. The number of nitrogens with one attached hydrogen (secondary N) is 1. The van der Waals surface area contributed by atoms with Crippen LogP contribution < -0.4 is 5.32 Å². The SMILES string of the molecule is O=C(NCC1(C(=O)O)CCCC1)c1c(Cl)cccc1Cl. The average molecular weight is 316 g/mol. The third-order valence-corrected chi connectivity index (χ3v) is 4.42. The van der Waals surface area contributed by atoms with Gasteiger partial charge < -0.3 is 10.4 Å². The Morgan fingerprint density at radius 2 is 1.75 bits per heavy atom. The van der Waals surface area contributed by atoms with E-state index < -0.39 is 17.3 Å². The Balaban J connectivity index is 2.11. The number of benzene rings is 1. The second-order valence-electron chi connectivity index (χ2n) is 5.07. The minimum Gasteiger partial charge on any atom is -0.481 e. The maximum Gasteiger partial charge on any atom is 0.311 e. The van der Waals surface area contributed by atoms with Crippen LogP contribution in [0.15, 0.2) is 18.2 Å². The van der Waals surface area contributed by atoms with E-state index in [1.54, 1.807) is 18.2 Å². The summed E-state index contributed by atoms with van der Waals surface area (Å²) < 4.78 is 0. The van der Waals surface area contributed by atoms with E-state index in [9.17, 15) is 14.7 Å². The Morgan fingerprint density at radius 1 is 1.20 bits per heavy atom. The number of halogens is 2. The largest absolute Gasteiger partial charge is 0.481 e.